The molecule has 12 heteroatoms. The molecule has 1 saturated heterocycles. The summed E-state index contributed by atoms with van der Waals surface area (Å²) < 4.78 is 5.40. The number of hydrogen-bond donors (Lipinski definition) is 4. The van der Waals surface area contributed by atoms with E-state index >= 15 is 0 Å². The Balaban J connectivity index is 1.87. The van der Waals surface area contributed by atoms with E-state index in [9.17, 15) is 28.8 Å². The summed E-state index contributed by atoms with van der Waals surface area (Å²) >= 11 is 0. The number of hydrogen-bond acceptors (Lipinski definition) is 7. The molecule has 0 aromatic heterocycles. The van der Waals surface area contributed by atoms with Gasteiger partial charge in [-0.15, -0.1) is 0 Å². The average molecular weight is 634 g/mol. The highest BCUT2D eigenvalue weighted by Gasteiger charge is 2.69. The van der Waals surface area contributed by atoms with E-state index in [1.165, 1.54) is 0 Å². The van der Waals surface area contributed by atoms with Crippen LogP contribution in [-0.4, -0.2) is 77.2 Å². The zero-order valence-corrected chi connectivity index (χ0v) is 28.4. The Hall–Kier alpha value is -3.18. The molecular weight excluding hydrogens is 578 g/mol. The van der Waals surface area contributed by atoms with Crippen molar-refractivity contribution in [2.75, 3.05) is 6.54 Å². The lowest BCUT2D eigenvalue weighted by Gasteiger charge is -2.37. The molecule has 6 atom stereocenters. The number of ether oxygens (including phenoxy) is 1. The molecule has 5 amide bonds. The Bertz CT molecular complexity index is 1140. The minimum Gasteiger partial charge on any atom is -0.461 e. The molecule has 1 heterocycles. The normalized spacial score (nSPS) is 24.6. The third kappa shape index (κ3) is 8.55. The monoisotopic (exact) mass is 633 g/mol. The van der Waals surface area contributed by atoms with Gasteiger partial charge in [-0.2, -0.15) is 0 Å². The number of nitrogens with two attached hydrogens (primary N) is 1. The topological polar surface area (TPSA) is 177 Å². The first-order chi connectivity index (χ1) is 20.9. The summed E-state index contributed by atoms with van der Waals surface area (Å²) in [6, 6.07) is -4.45. The van der Waals surface area contributed by atoms with Crippen LogP contribution in [0.3, 0.4) is 0 Å². The summed E-state index contributed by atoms with van der Waals surface area (Å²) in [5.74, 6) is -3.58. The maximum atomic E-state index is 14.4. The van der Waals surface area contributed by atoms with Crippen LogP contribution >= 0.6 is 0 Å². The summed E-state index contributed by atoms with van der Waals surface area (Å²) in [6.07, 6.45) is 5.62. The molecule has 0 aromatic carbocycles. The number of unbranched alkanes of at least 4 members (excludes halogenated alkanes) is 1. The van der Waals surface area contributed by atoms with Gasteiger partial charge in [-0.25, -0.2) is 9.59 Å². The second kappa shape index (κ2) is 14.5. The summed E-state index contributed by atoms with van der Waals surface area (Å²) in [4.78, 5) is 80.5. The highest BCUT2D eigenvalue weighted by atomic mass is 16.5. The number of fused-ring (bicyclic) bond motifs is 1. The lowest BCUT2D eigenvalue weighted by Crippen LogP contribution is -2.61. The van der Waals surface area contributed by atoms with Gasteiger partial charge in [0.05, 0.1) is 12.1 Å². The second-order valence-electron chi connectivity index (χ2n) is 15.1. The minimum absolute atomic E-state index is 0.0787. The van der Waals surface area contributed by atoms with Crippen molar-refractivity contribution < 1.29 is 33.5 Å². The lowest BCUT2D eigenvalue weighted by atomic mass is 9.83. The fourth-order valence-corrected chi connectivity index (χ4v) is 7.19. The van der Waals surface area contributed by atoms with Crippen LogP contribution in [0, 0.1) is 28.6 Å². The first-order valence-corrected chi connectivity index (χ1v) is 16.6. The number of piperidine rings is 1. The fourth-order valence-electron chi connectivity index (χ4n) is 7.19. The van der Waals surface area contributed by atoms with Crippen molar-refractivity contribution in [1.82, 2.24) is 20.9 Å². The molecule has 0 spiro atoms. The Morgan fingerprint density at radius 1 is 0.978 bits per heavy atom. The molecule has 12 nitrogen and oxygen atoms in total. The first-order valence-electron chi connectivity index (χ1n) is 16.6. The van der Waals surface area contributed by atoms with Gasteiger partial charge in [-0.05, 0) is 61.7 Å². The SMILES string of the molecule is CCCCC(NC(=O)[C@@H]1[C@@H]2[C@H](CN1C(=O)[C@@H](NC(=O)N[C@H](C(=O)OC(C)C)C(C)(C)C)C1CCCCC1)C2(C)C)C(=O)C(N)=O. The molecule has 2 aliphatic carbocycles. The number of urea groups is 1. The number of primary amides is 1. The molecular formula is C33H55N5O7. The molecule has 3 aliphatic rings. The van der Waals surface area contributed by atoms with Crippen LogP contribution in [0.25, 0.3) is 0 Å². The molecule has 1 aliphatic heterocycles. The molecule has 3 rings (SSSR count). The predicted molar refractivity (Wildman–Crippen MR) is 168 cm³/mol. The van der Waals surface area contributed by atoms with Gasteiger partial charge >= 0.3 is 12.0 Å². The van der Waals surface area contributed by atoms with E-state index in [1.807, 2.05) is 27.7 Å². The lowest BCUT2D eigenvalue weighted by molar-refractivity contribution is -0.152. The van der Waals surface area contributed by atoms with E-state index in [4.69, 9.17) is 10.5 Å². The summed E-state index contributed by atoms with van der Waals surface area (Å²) in [6.45, 7) is 15.3. The van der Waals surface area contributed by atoms with E-state index < -0.39 is 59.2 Å². The van der Waals surface area contributed by atoms with Crippen molar-refractivity contribution in [1.29, 1.82) is 0 Å². The van der Waals surface area contributed by atoms with Crippen LogP contribution in [0.1, 0.15) is 107 Å². The van der Waals surface area contributed by atoms with Gasteiger partial charge < -0.3 is 31.3 Å². The largest absolute Gasteiger partial charge is 0.461 e. The van der Waals surface area contributed by atoms with Crippen LogP contribution in [0.5, 0.6) is 0 Å². The number of nitrogens with one attached hydrogen (secondary N) is 3. The van der Waals surface area contributed by atoms with Gasteiger partial charge in [0.15, 0.2) is 0 Å². The van der Waals surface area contributed by atoms with Crippen LogP contribution < -0.4 is 21.7 Å². The highest BCUT2D eigenvalue weighted by molar-refractivity contribution is 6.37. The van der Waals surface area contributed by atoms with Crippen molar-refractivity contribution in [3.8, 4) is 0 Å². The van der Waals surface area contributed by atoms with Gasteiger partial charge in [0.1, 0.15) is 18.1 Å². The fraction of sp³-hybridized carbons (Fsp3) is 0.818. The molecule has 1 unspecified atom stereocenters. The van der Waals surface area contributed by atoms with Crippen molar-refractivity contribution >= 4 is 35.5 Å². The third-order valence-corrected chi connectivity index (χ3v) is 9.89. The van der Waals surface area contributed by atoms with Crippen molar-refractivity contribution in [2.45, 2.75) is 137 Å². The maximum Gasteiger partial charge on any atom is 0.329 e. The Morgan fingerprint density at radius 2 is 1.60 bits per heavy atom. The minimum atomic E-state index is -1.11. The number of rotatable bonds is 13. The number of nitrogens with zero attached hydrogens (tertiary/aromatic N) is 1. The number of carbonyl (C=O) groups is 6. The van der Waals surface area contributed by atoms with Gasteiger partial charge in [-0.3, -0.25) is 19.2 Å². The molecule has 2 saturated carbocycles. The Labute approximate surface area is 267 Å². The number of ketones is 1. The van der Waals surface area contributed by atoms with E-state index in [-0.39, 0.29) is 41.6 Å². The maximum absolute atomic E-state index is 14.4. The zero-order valence-electron chi connectivity index (χ0n) is 28.4. The predicted octanol–water partition coefficient (Wildman–Crippen LogP) is 2.81. The number of amides is 5. The molecule has 3 fully saturated rings. The zero-order chi connectivity index (χ0) is 33.9. The molecule has 45 heavy (non-hydrogen) atoms. The molecule has 254 valence electrons. The van der Waals surface area contributed by atoms with Crippen molar-refractivity contribution in [2.24, 2.45) is 34.3 Å². The summed E-state index contributed by atoms with van der Waals surface area (Å²) in [7, 11) is 0. The Morgan fingerprint density at radius 3 is 2.13 bits per heavy atom. The summed E-state index contributed by atoms with van der Waals surface area (Å²) in [5, 5.41) is 8.39. The molecule has 0 aromatic rings. The quantitative estimate of drug-likeness (QED) is 0.178. The number of carbonyl (C=O) groups excluding carboxylic acids is 6. The van der Waals surface area contributed by atoms with Gasteiger partial charge in [0.25, 0.3) is 5.91 Å². The van der Waals surface area contributed by atoms with E-state index in [1.54, 1.807) is 18.7 Å². The van der Waals surface area contributed by atoms with Crippen LogP contribution in [0.2, 0.25) is 0 Å². The smallest absolute Gasteiger partial charge is 0.329 e. The first kappa shape index (κ1) is 36.3. The molecule has 0 bridgehead atoms. The van der Waals surface area contributed by atoms with Crippen molar-refractivity contribution in [3.05, 3.63) is 0 Å². The van der Waals surface area contributed by atoms with Gasteiger partial charge in [0, 0.05) is 6.54 Å². The van der Waals surface area contributed by atoms with Gasteiger partial charge in [0.2, 0.25) is 17.6 Å². The standard InChI is InChI=1S/C33H55N5O7/c1-9-10-16-21(25(39)27(34)40)35-28(41)24-22-20(33(22,7)8)17-38(24)29(42)23(19-14-12-11-13-15-19)36-31(44)37-26(32(4,5)6)30(43)45-18(2)3/h18-24,26H,9-17H2,1-8H3,(H2,34,40)(H,35,41)(H2,36,37,44)/t20-,21?,22-,23-,24-,26+/m0/s1. The van der Waals surface area contributed by atoms with Crippen LogP contribution in [-0.2, 0) is 28.7 Å². The van der Waals surface area contributed by atoms with E-state index in [0.717, 1.165) is 38.5 Å². The van der Waals surface area contributed by atoms with Crippen LogP contribution in [0.4, 0.5) is 4.79 Å². The van der Waals surface area contributed by atoms with Crippen LogP contribution in [0.15, 0.2) is 0 Å². The number of esters is 1. The highest BCUT2D eigenvalue weighted by Crippen LogP contribution is 2.65. The summed E-state index contributed by atoms with van der Waals surface area (Å²) in [5.41, 5.74) is 4.44. The molecule has 0 radical (unpaired) electrons. The number of likely N-dealkylation sites (tertiary alicyclic amines) is 1. The van der Waals surface area contributed by atoms with Crippen molar-refractivity contribution in [3.63, 3.8) is 0 Å². The second-order valence-corrected chi connectivity index (χ2v) is 15.1. The molecule has 5 N–H and O–H groups in total. The number of Topliss-reactive ketones (excluding diaryl/α,β-unsaturated/α-hetero) is 1. The average Bonchev–Trinajstić information content (AvgIpc) is 3.27. The third-order valence-electron chi connectivity index (χ3n) is 9.89. The van der Waals surface area contributed by atoms with E-state index in [0.29, 0.717) is 13.0 Å². The van der Waals surface area contributed by atoms with E-state index in [2.05, 4.69) is 29.8 Å². The van der Waals surface area contributed by atoms with Gasteiger partial charge in [-0.1, -0.05) is 73.6 Å². The Kier molecular flexibility index (Phi) is 11.7.